The quantitative estimate of drug-likeness (QED) is 0.565. The number of fused-ring (bicyclic) bond motifs is 2. The second-order valence-corrected chi connectivity index (χ2v) is 7.27. The van der Waals surface area contributed by atoms with Crippen molar-refractivity contribution in [2.45, 2.75) is 25.2 Å². The second kappa shape index (κ2) is 6.64. The summed E-state index contributed by atoms with van der Waals surface area (Å²) in [6, 6.07) is 15.3. The number of aromatic amines is 1. The van der Waals surface area contributed by atoms with Crippen LogP contribution in [0.1, 0.15) is 40.6 Å². The smallest absolute Gasteiger partial charge is 0.272 e. The zero-order chi connectivity index (χ0) is 19.1. The van der Waals surface area contributed by atoms with Crippen LogP contribution in [0.4, 0.5) is 0 Å². The minimum atomic E-state index is -0.201. The Morgan fingerprint density at radius 2 is 2.00 bits per heavy atom. The third-order valence-corrected chi connectivity index (χ3v) is 5.24. The molecule has 6 heteroatoms. The van der Waals surface area contributed by atoms with Crippen LogP contribution >= 0.6 is 0 Å². The third-order valence-electron chi connectivity index (χ3n) is 5.24. The first-order chi connectivity index (χ1) is 13.7. The predicted octanol–water partition coefficient (Wildman–Crippen LogP) is 3.03. The average Bonchev–Trinajstić information content (AvgIpc) is 3.48. The molecule has 0 unspecified atom stereocenters. The summed E-state index contributed by atoms with van der Waals surface area (Å²) in [4.78, 5) is 32.5. The molecule has 3 aromatic heterocycles. The normalized spacial score (nSPS) is 13.9. The van der Waals surface area contributed by atoms with Crippen molar-refractivity contribution in [1.29, 1.82) is 0 Å². The summed E-state index contributed by atoms with van der Waals surface area (Å²) in [5.41, 5.74) is 2.64. The van der Waals surface area contributed by atoms with Crippen LogP contribution in [0.2, 0.25) is 0 Å². The monoisotopic (exact) mass is 372 g/mol. The lowest BCUT2D eigenvalue weighted by molar-refractivity contribution is 0.0951. The van der Waals surface area contributed by atoms with Gasteiger partial charge in [0.25, 0.3) is 11.5 Å². The molecular formula is C22H20N4O2. The largest absolute Gasteiger partial charge is 0.350 e. The van der Waals surface area contributed by atoms with Crippen molar-refractivity contribution in [2.24, 2.45) is 0 Å². The van der Waals surface area contributed by atoms with E-state index in [0.29, 0.717) is 30.1 Å². The maximum absolute atomic E-state index is 12.7. The van der Waals surface area contributed by atoms with Crippen molar-refractivity contribution in [1.82, 2.24) is 19.7 Å². The van der Waals surface area contributed by atoms with Gasteiger partial charge in [0, 0.05) is 29.7 Å². The summed E-state index contributed by atoms with van der Waals surface area (Å²) in [5, 5.41) is 3.90. The van der Waals surface area contributed by atoms with Gasteiger partial charge in [-0.3, -0.25) is 9.59 Å². The second-order valence-electron chi connectivity index (χ2n) is 7.27. The number of amides is 1. The van der Waals surface area contributed by atoms with Crippen LogP contribution in [-0.4, -0.2) is 26.8 Å². The van der Waals surface area contributed by atoms with E-state index in [9.17, 15) is 9.59 Å². The number of hydrogen-bond donors (Lipinski definition) is 2. The van der Waals surface area contributed by atoms with E-state index >= 15 is 0 Å². The standard InChI is InChI=1S/C22H20N4O2/c27-21-16(13-15-5-1-2-6-17(15)24-21)10-11-23-22(28)19-18-7-3-4-12-26(18)20(25-19)14-8-9-14/h1-7,12-14H,8-11H2,(H,23,28)(H,24,27). The van der Waals surface area contributed by atoms with Gasteiger partial charge in [0.15, 0.2) is 5.69 Å². The van der Waals surface area contributed by atoms with Gasteiger partial charge in [-0.05, 0) is 48.9 Å². The fourth-order valence-corrected chi connectivity index (χ4v) is 3.63. The Morgan fingerprint density at radius 1 is 1.18 bits per heavy atom. The first kappa shape index (κ1) is 16.7. The molecule has 0 spiro atoms. The van der Waals surface area contributed by atoms with E-state index in [-0.39, 0.29) is 11.5 Å². The Morgan fingerprint density at radius 3 is 2.86 bits per heavy atom. The van der Waals surface area contributed by atoms with Gasteiger partial charge in [-0.15, -0.1) is 0 Å². The Balaban J connectivity index is 1.34. The minimum Gasteiger partial charge on any atom is -0.350 e. The Kier molecular flexibility index (Phi) is 3.97. The molecule has 2 N–H and O–H groups in total. The summed E-state index contributed by atoms with van der Waals surface area (Å²) >= 11 is 0. The molecule has 28 heavy (non-hydrogen) atoms. The molecule has 0 atom stereocenters. The highest BCUT2D eigenvalue weighted by Gasteiger charge is 2.30. The van der Waals surface area contributed by atoms with E-state index in [2.05, 4.69) is 15.3 Å². The molecule has 5 rings (SSSR count). The lowest BCUT2D eigenvalue weighted by Crippen LogP contribution is -2.28. The molecule has 1 aliphatic carbocycles. The number of pyridine rings is 2. The van der Waals surface area contributed by atoms with Crippen LogP contribution in [-0.2, 0) is 6.42 Å². The summed E-state index contributed by atoms with van der Waals surface area (Å²) in [7, 11) is 0. The summed E-state index contributed by atoms with van der Waals surface area (Å²) in [6.07, 6.45) is 4.67. The molecule has 4 aromatic rings. The Bertz CT molecular complexity index is 1250. The van der Waals surface area contributed by atoms with Crippen LogP contribution in [0, 0.1) is 0 Å². The molecule has 1 aromatic carbocycles. The molecule has 1 fully saturated rings. The number of aromatic nitrogens is 3. The van der Waals surface area contributed by atoms with Crippen LogP contribution in [0.25, 0.3) is 16.4 Å². The first-order valence-corrected chi connectivity index (χ1v) is 9.57. The number of rotatable bonds is 5. The van der Waals surface area contributed by atoms with Gasteiger partial charge in [0.2, 0.25) is 0 Å². The molecule has 1 aliphatic rings. The zero-order valence-electron chi connectivity index (χ0n) is 15.3. The molecule has 0 saturated heterocycles. The van der Waals surface area contributed by atoms with E-state index in [1.54, 1.807) is 0 Å². The number of H-pyrrole nitrogens is 1. The topological polar surface area (TPSA) is 79.3 Å². The van der Waals surface area contributed by atoms with E-state index in [1.807, 2.05) is 59.1 Å². The average molecular weight is 372 g/mol. The van der Waals surface area contributed by atoms with Crippen molar-refractivity contribution in [3.8, 4) is 0 Å². The van der Waals surface area contributed by atoms with Gasteiger partial charge in [-0.25, -0.2) is 4.98 Å². The SMILES string of the molecule is O=C(NCCc1cc2ccccc2[nH]c1=O)c1nc(C2CC2)n2ccccc12. The molecule has 0 radical (unpaired) electrons. The molecule has 140 valence electrons. The van der Waals surface area contributed by atoms with Crippen LogP contribution in [0.5, 0.6) is 0 Å². The van der Waals surface area contributed by atoms with Gasteiger partial charge in [0.05, 0.1) is 5.52 Å². The maximum Gasteiger partial charge on any atom is 0.272 e. The number of carbonyl (C=O) groups excluding carboxylic acids is 1. The molecule has 1 amide bonds. The van der Waals surface area contributed by atoms with E-state index < -0.39 is 0 Å². The maximum atomic E-state index is 12.7. The van der Waals surface area contributed by atoms with Gasteiger partial charge < -0.3 is 14.7 Å². The lowest BCUT2D eigenvalue weighted by Gasteiger charge is -2.05. The zero-order valence-corrected chi connectivity index (χ0v) is 15.3. The molecular weight excluding hydrogens is 352 g/mol. The fourth-order valence-electron chi connectivity index (χ4n) is 3.63. The molecule has 1 saturated carbocycles. The summed E-state index contributed by atoms with van der Waals surface area (Å²) < 4.78 is 2.01. The fraction of sp³-hybridized carbons (Fsp3) is 0.227. The van der Waals surface area contributed by atoms with Gasteiger partial charge >= 0.3 is 0 Å². The van der Waals surface area contributed by atoms with Crippen molar-refractivity contribution in [3.05, 3.63) is 82.2 Å². The number of para-hydroxylation sites is 1. The number of carbonyl (C=O) groups is 1. The van der Waals surface area contributed by atoms with Crippen molar-refractivity contribution in [3.63, 3.8) is 0 Å². The number of benzene rings is 1. The predicted molar refractivity (Wildman–Crippen MR) is 108 cm³/mol. The highest BCUT2D eigenvalue weighted by molar-refractivity contribution is 5.99. The molecule has 0 bridgehead atoms. The van der Waals surface area contributed by atoms with E-state index in [0.717, 1.165) is 35.1 Å². The summed E-state index contributed by atoms with van der Waals surface area (Å²) in [5.74, 6) is 1.21. The third kappa shape index (κ3) is 2.97. The summed E-state index contributed by atoms with van der Waals surface area (Å²) in [6.45, 7) is 0.380. The highest BCUT2D eigenvalue weighted by atomic mass is 16.2. The molecule has 6 nitrogen and oxygen atoms in total. The van der Waals surface area contributed by atoms with Crippen LogP contribution in [0.3, 0.4) is 0 Å². The van der Waals surface area contributed by atoms with Crippen LogP contribution < -0.4 is 10.9 Å². The van der Waals surface area contributed by atoms with Gasteiger partial charge in [0.1, 0.15) is 5.82 Å². The van der Waals surface area contributed by atoms with Crippen molar-refractivity contribution < 1.29 is 4.79 Å². The first-order valence-electron chi connectivity index (χ1n) is 9.57. The van der Waals surface area contributed by atoms with Gasteiger partial charge in [-0.1, -0.05) is 24.3 Å². The molecule has 0 aliphatic heterocycles. The van der Waals surface area contributed by atoms with Crippen LogP contribution in [0.15, 0.2) is 59.5 Å². The minimum absolute atomic E-state index is 0.114. The molecule has 3 heterocycles. The number of nitrogens with zero attached hydrogens (tertiary/aromatic N) is 2. The van der Waals surface area contributed by atoms with Crippen molar-refractivity contribution >= 4 is 22.3 Å². The lowest BCUT2D eigenvalue weighted by atomic mass is 10.1. The highest BCUT2D eigenvalue weighted by Crippen LogP contribution is 2.39. The number of imidazole rings is 1. The van der Waals surface area contributed by atoms with Crippen molar-refractivity contribution in [2.75, 3.05) is 6.54 Å². The number of nitrogens with one attached hydrogen (secondary N) is 2. The van der Waals surface area contributed by atoms with E-state index in [1.165, 1.54) is 0 Å². The van der Waals surface area contributed by atoms with E-state index in [4.69, 9.17) is 0 Å². The Hall–Kier alpha value is -3.41. The Labute approximate surface area is 161 Å². The number of hydrogen-bond acceptors (Lipinski definition) is 3. The van der Waals surface area contributed by atoms with Gasteiger partial charge in [-0.2, -0.15) is 0 Å².